The summed E-state index contributed by atoms with van der Waals surface area (Å²) in [5.74, 6) is 0.838. The third-order valence-corrected chi connectivity index (χ3v) is 4.68. The minimum atomic E-state index is 0.838. The zero-order chi connectivity index (χ0) is 11.5. The van der Waals surface area contributed by atoms with Crippen molar-refractivity contribution in [1.82, 2.24) is 4.90 Å². The molecule has 0 unspecified atom stereocenters. The lowest BCUT2D eigenvalue weighted by atomic mass is 10.0. The van der Waals surface area contributed by atoms with Crippen LogP contribution in [-0.2, 0) is 4.74 Å². The molecule has 0 radical (unpaired) electrons. The van der Waals surface area contributed by atoms with E-state index in [1.54, 1.807) is 0 Å². The van der Waals surface area contributed by atoms with Crippen LogP contribution in [0.1, 0.15) is 6.42 Å². The summed E-state index contributed by atoms with van der Waals surface area (Å²) >= 11 is 1.85. The molecule has 0 aromatic carbocycles. The second kappa shape index (κ2) is 5.38. The average Bonchev–Trinajstić information content (AvgIpc) is 2.81. The topological polar surface area (TPSA) is 15.7 Å². The minimum Gasteiger partial charge on any atom is -0.381 e. The van der Waals surface area contributed by atoms with Crippen LogP contribution in [0.4, 0.5) is 5.00 Å². The minimum absolute atomic E-state index is 0.838. The third kappa shape index (κ3) is 2.81. The van der Waals surface area contributed by atoms with Gasteiger partial charge in [0.25, 0.3) is 0 Å². The fraction of sp³-hybridized carbons (Fsp3) is 0.692. The van der Waals surface area contributed by atoms with E-state index in [9.17, 15) is 0 Å². The van der Waals surface area contributed by atoms with E-state index in [4.69, 9.17) is 4.74 Å². The Morgan fingerprint density at radius 3 is 2.65 bits per heavy atom. The van der Waals surface area contributed by atoms with Crippen LogP contribution in [0.2, 0.25) is 0 Å². The Morgan fingerprint density at radius 1 is 1.24 bits per heavy atom. The lowest BCUT2D eigenvalue weighted by molar-refractivity contribution is -0.0390. The van der Waals surface area contributed by atoms with Crippen molar-refractivity contribution in [3.05, 3.63) is 17.5 Å². The lowest BCUT2D eigenvalue weighted by Crippen LogP contribution is -2.47. The van der Waals surface area contributed by atoms with Gasteiger partial charge in [-0.05, 0) is 30.5 Å². The molecule has 2 saturated heterocycles. The van der Waals surface area contributed by atoms with Crippen LogP contribution in [0.5, 0.6) is 0 Å². The summed E-state index contributed by atoms with van der Waals surface area (Å²) in [6.07, 6.45) is 1.32. The molecule has 0 saturated carbocycles. The first-order valence-corrected chi connectivity index (χ1v) is 7.38. The van der Waals surface area contributed by atoms with Gasteiger partial charge in [0.1, 0.15) is 0 Å². The summed E-state index contributed by atoms with van der Waals surface area (Å²) in [4.78, 5) is 5.11. The van der Waals surface area contributed by atoms with Gasteiger partial charge < -0.3 is 9.64 Å². The zero-order valence-electron chi connectivity index (χ0n) is 10.2. The highest BCUT2D eigenvalue weighted by molar-refractivity contribution is 7.14. The predicted octanol–water partition coefficient (Wildman–Crippen LogP) is 1.91. The summed E-state index contributed by atoms with van der Waals surface area (Å²) < 4.78 is 5.22. The van der Waals surface area contributed by atoms with Crippen LogP contribution in [0, 0.1) is 5.92 Å². The highest BCUT2D eigenvalue weighted by Crippen LogP contribution is 2.22. The molecule has 2 aliphatic heterocycles. The van der Waals surface area contributed by atoms with Crippen LogP contribution in [0.15, 0.2) is 17.5 Å². The van der Waals surface area contributed by atoms with E-state index in [0.29, 0.717) is 0 Å². The standard InChI is InChI=1S/C13H20N2OS/c1-2-13(17-9-1)15-7-5-14(6-8-15)4-3-12-10-16-11-12/h1-2,9,12H,3-8,10-11H2. The van der Waals surface area contributed by atoms with Crippen molar-refractivity contribution in [2.45, 2.75) is 6.42 Å². The lowest BCUT2D eigenvalue weighted by Gasteiger charge is -2.36. The number of piperazine rings is 1. The Bertz CT molecular complexity index is 329. The second-order valence-electron chi connectivity index (χ2n) is 4.97. The van der Waals surface area contributed by atoms with Crippen molar-refractivity contribution in [2.24, 2.45) is 5.92 Å². The number of rotatable bonds is 4. The normalized spacial score (nSPS) is 22.7. The molecule has 2 aliphatic rings. The van der Waals surface area contributed by atoms with Gasteiger partial charge in [-0.2, -0.15) is 0 Å². The summed E-state index contributed by atoms with van der Waals surface area (Å²) in [6, 6.07) is 4.37. The van der Waals surface area contributed by atoms with Crippen LogP contribution in [-0.4, -0.2) is 50.8 Å². The van der Waals surface area contributed by atoms with E-state index in [1.807, 2.05) is 11.3 Å². The van der Waals surface area contributed by atoms with Crippen LogP contribution >= 0.6 is 11.3 Å². The van der Waals surface area contributed by atoms with Crippen molar-refractivity contribution in [1.29, 1.82) is 0 Å². The van der Waals surface area contributed by atoms with Gasteiger partial charge in [-0.15, -0.1) is 11.3 Å². The van der Waals surface area contributed by atoms with Crippen molar-refractivity contribution in [2.75, 3.05) is 50.8 Å². The van der Waals surface area contributed by atoms with Gasteiger partial charge in [-0.1, -0.05) is 0 Å². The molecule has 0 atom stereocenters. The molecular formula is C13H20N2OS. The number of nitrogens with zero attached hydrogens (tertiary/aromatic N) is 2. The van der Waals surface area contributed by atoms with Crippen molar-refractivity contribution in [3.8, 4) is 0 Å². The number of anilines is 1. The van der Waals surface area contributed by atoms with Gasteiger partial charge >= 0.3 is 0 Å². The predicted molar refractivity (Wildman–Crippen MR) is 71.9 cm³/mol. The van der Waals surface area contributed by atoms with Crippen molar-refractivity contribution < 1.29 is 4.74 Å². The SMILES string of the molecule is c1csc(N2CCN(CCC3COC3)CC2)c1. The first-order chi connectivity index (χ1) is 8.42. The van der Waals surface area contributed by atoms with E-state index in [1.165, 1.54) is 44.1 Å². The summed E-state index contributed by atoms with van der Waals surface area (Å²) in [7, 11) is 0. The zero-order valence-corrected chi connectivity index (χ0v) is 11.0. The molecular weight excluding hydrogens is 232 g/mol. The Labute approximate surface area is 107 Å². The maximum absolute atomic E-state index is 5.22. The molecule has 94 valence electrons. The Hall–Kier alpha value is -0.580. The van der Waals surface area contributed by atoms with E-state index >= 15 is 0 Å². The highest BCUT2D eigenvalue weighted by Gasteiger charge is 2.21. The molecule has 3 nitrogen and oxygen atoms in total. The van der Waals surface area contributed by atoms with Crippen LogP contribution in [0.3, 0.4) is 0 Å². The number of hydrogen-bond donors (Lipinski definition) is 0. The largest absolute Gasteiger partial charge is 0.381 e. The van der Waals surface area contributed by atoms with E-state index in [2.05, 4.69) is 27.3 Å². The van der Waals surface area contributed by atoms with E-state index in [0.717, 1.165) is 19.1 Å². The molecule has 0 amide bonds. The molecule has 1 aromatic heterocycles. The number of thiophene rings is 1. The second-order valence-corrected chi connectivity index (χ2v) is 5.90. The maximum atomic E-state index is 5.22. The monoisotopic (exact) mass is 252 g/mol. The van der Waals surface area contributed by atoms with E-state index in [-0.39, 0.29) is 0 Å². The molecule has 0 aliphatic carbocycles. The van der Waals surface area contributed by atoms with E-state index < -0.39 is 0 Å². The average molecular weight is 252 g/mol. The molecule has 0 bridgehead atoms. The molecule has 0 N–H and O–H groups in total. The molecule has 3 rings (SSSR count). The Kier molecular flexibility index (Phi) is 3.64. The summed E-state index contributed by atoms with van der Waals surface area (Å²) in [5.41, 5.74) is 0. The van der Waals surface area contributed by atoms with Gasteiger partial charge in [0, 0.05) is 32.1 Å². The van der Waals surface area contributed by atoms with Crippen LogP contribution < -0.4 is 4.90 Å². The van der Waals surface area contributed by atoms with Crippen LogP contribution in [0.25, 0.3) is 0 Å². The quantitative estimate of drug-likeness (QED) is 0.814. The first kappa shape index (κ1) is 11.5. The highest BCUT2D eigenvalue weighted by atomic mass is 32.1. The van der Waals surface area contributed by atoms with Gasteiger partial charge in [-0.25, -0.2) is 0 Å². The fourth-order valence-corrected chi connectivity index (χ4v) is 3.24. The molecule has 17 heavy (non-hydrogen) atoms. The smallest absolute Gasteiger partial charge is 0.0909 e. The Morgan fingerprint density at radius 2 is 2.06 bits per heavy atom. The molecule has 3 heterocycles. The maximum Gasteiger partial charge on any atom is 0.0909 e. The van der Waals surface area contributed by atoms with Gasteiger partial charge in [0.05, 0.1) is 18.2 Å². The summed E-state index contributed by atoms with van der Waals surface area (Å²) in [6.45, 7) is 8.04. The molecule has 1 aromatic rings. The van der Waals surface area contributed by atoms with Gasteiger partial charge in [0.2, 0.25) is 0 Å². The van der Waals surface area contributed by atoms with Crippen molar-refractivity contribution in [3.63, 3.8) is 0 Å². The molecule has 0 spiro atoms. The Balaban J connectivity index is 1.41. The molecule has 2 fully saturated rings. The summed E-state index contributed by atoms with van der Waals surface area (Å²) in [5, 5.41) is 3.59. The first-order valence-electron chi connectivity index (χ1n) is 6.50. The van der Waals surface area contributed by atoms with Gasteiger partial charge in [-0.3, -0.25) is 4.90 Å². The fourth-order valence-electron chi connectivity index (χ4n) is 2.46. The third-order valence-electron chi connectivity index (χ3n) is 3.75. The van der Waals surface area contributed by atoms with Crippen molar-refractivity contribution >= 4 is 16.3 Å². The number of hydrogen-bond acceptors (Lipinski definition) is 4. The number of ether oxygens (including phenoxy) is 1. The molecule has 4 heteroatoms. The van der Waals surface area contributed by atoms with Gasteiger partial charge in [0.15, 0.2) is 0 Å².